The normalized spacial score (nSPS) is 16.1. The molecule has 0 amide bonds. The summed E-state index contributed by atoms with van der Waals surface area (Å²) in [7, 11) is 0. The van der Waals surface area contributed by atoms with Crippen molar-refractivity contribution in [3.05, 3.63) is 35.1 Å². The van der Waals surface area contributed by atoms with Crippen LogP contribution in [0.3, 0.4) is 0 Å². The number of hydrogen-bond donors (Lipinski definition) is 1. The Labute approximate surface area is 111 Å². The average Bonchev–Trinajstić information content (AvgIpc) is 2.40. The first kappa shape index (κ1) is 13.4. The van der Waals surface area contributed by atoms with E-state index >= 15 is 0 Å². The maximum Gasteiger partial charge on any atom is 0.128 e. The Kier molecular flexibility index (Phi) is 5.06. The molecule has 1 saturated heterocycles. The molecule has 1 aromatic rings. The summed E-state index contributed by atoms with van der Waals surface area (Å²) in [6.07, 6.45) is 0. The lowest BCUT2D eigenvalue weighted by Gasteiger charge is -2.26. The second-order valence-corrected chi connectivity index (χ2v) is 5.38. The Morgan fingerprint density at radius 2 is 2.11 bits per heavy atom. The molecule has 18 heavy (non-hydrogen) atoms. The lowest BCUT2D eigenvalue weighted by Crippen LogP contribution is -2.32. The van der Waals surface area contributed by atoms with Gasteiger partial charge in [0.2, 0.25) is 0 Å². The zero-order valence-electron chi connectivity index (χ0n) is 10.2. The summed E-state index contributed by atoms with van der Waals surface area (Å²) in [4.78, 5) is 2.27. The van der Waals surface area contributed by atoms with Gasteiger partial charge in [0.25, 0.3) is 0 Å². The van der Waals surface area contributed by atoms with Crippen molar-refractivity contribution < 1.29 is 9.50 Å². The van der Waals surface area contributed by atoms with Gasteiger partial charge in [0.15, 0.2) is 0 Å². The van der Waals surface area contributed by atoms with Gasteiger partial charge in [0.05, 0.1) is 0 Å². The second-order valence-electron chi connectivity index (χ2n) is 4.15. The fourth-order valence-electron chi connectivity index (χ4n) is 1.90. The highest BCUT2D eigenvalue weighted by Crippen LogP contribution is 2.16. The maximum atomic E-state index is 13.9. The van der Waals surface area contributed by atoms with Crippen molar-refractivity contribution in [3.8, 4) is 11.8 Å². The molecule has 1 aromatic carbocycles. The van der Waals surface area contributed by atoms with Crippen molar-refractivity contribution in [2.24, 2.45) is 0 Å². The third-order valence-corrected chi connectivity index (χ3v) is 3.81. The monoisotopic (exact) mass is 265 g/mol. The molecule has 1 heterocycles. The van der Waals surface area contributed by atoms with Crippen LogP contribution in [0.15, 0.2) is 18.2 Å². The summed E-state index contributed by atoms with van der Waals surface area (Å²) in [5.41, 5.74) is 1.33. The molecule has 0 spiro atoms. The van der Waals surface area contributed by atoms with Gasteiger partial charge < -0.3 is 5.11 Å². The fourth-order valence-corrected chi connectivity index (χ4v) is 2.87. The van der Waals surface area contributed by atoms with Crippen LogP contribution in [0.1, 0.15) is 11.1 Å². The lowest BCUT2D eigenvalue weighted by molar-refractivity contribution is 0.290. The van der Waals surface area contributed by atoms with Crippen molar-refractivity contribution in [1.82, 2.24) is 4.90 Å². The molecule has 0 saturated carbocycles. The Balaban J connectivity index is 2.04. The van der Waals surface area contributed by atoms with E-state index in [9.17, 15) is 4.39 Å². The molecule has 96 valence electrons. The predicted molar refractivity (Wildman–Crippen MR) is 73.0 cm³/mol. The molecular weight excluding hydrogens is 249 g/mol. The van der Waals surface area contributed by atoms with E-state index in [-0.39, 0.29) is 12.4 Å². The molecule has 4 heteroatoms. The van der Waals surface area contributed by atoms with E-state index < -0.39 is 0 Å². The van der Waals surface area contributed by atoms with Gasteiger partial charge in [0, 0.05) is 42.3 Å². The lowest BCUT2D eigenvalue weighted by atomic mass is 10.1. The van der Waals surface area contributed by atoms with Crippen LogP contribution in [0, 0.1) is 17.7 Å². The molecule has 1 fully saturated rings. The first-order valence-electron chi connectivity index (χ1n) is 5.98. The summed E-state index contributed by atoms with van der Waals surface area (Å²) in [5, 5.41) is 8.59. The minimum absolute atomic E-state index is 0.200. The van der Waals surface area contributed by atoms with Gasteiger partial charge in [0.1, 0.15) is 12.4 Å². The largest absolute Gasteiger partial charge is 0.384 e. The number of rotatable bonds is 2. The molecule has 0 unspecified atom stereocenters. The number of aliphatic hydroxyl groups is 1. The van der Waals surface area contributed by atoms with Crippen LogP contribution in [-0.2, 0) is 6.54 Å². The Morgan fingerprint density at radius 1 is 1.33 bits per heavy atom. The molecule has 2 nitrogen and oxygen atoms in total. The zero-order valence-corrected chi connectivity index (χ0v) is 11.0. The van der Waals surface area contributed by atoms with Crippen molar-refractivity contribution in [1.29, 1.82) is 0 Å². The first-order chi connectivity index (χ1) is 8.79. The number of hydrogen-bond acceptors (Lipinski definition) is 3. The summed E-state index contributed by atoms with van der Waals surface area (Å²) in [6.45, 7) is 2.52. The molecule has 0 aliphatic carbocycles. The predicted octanol–water partition coefficient (Wildman–Crippen LogP) is 1.72. The third kappa shape index (κ3) is 3.74. The van der Waals surface area contributed by atoms with Gasteiger partial charge in [-0.15, -0.1) is 0 Å². The van der Waals surface area contributed by atoms with Gasteiger partial charge in [-0.2, -0.15) is 11.8 Å². The van der Waals surface area contributed by atoms with Crippen molar-refractivity contribution >= 4 is 11.8 Å². The standard InChI is InChI=1S/C14H16FNOS/c15-14-10-12(2-1-7-17)3-4-13(14)11-16-5-8-18-9-6-16/h3-4,10,17H,5-9,11H2. The number of nitrogens with zero attached hydrogens (tertiary/aromatic N) is 1. The summed E-state index contributed by atoms with van der Waals surface area (Å²) < 4.78 is 13.9. The van der Waals surface area contributed by atoms with E-state index in [1.165, 1.54) is 6.07 Å². The highest BCUT2D eigenvalue weighted by Gasteiger charge is 2.12. The van der Waals surface area contributed by atoms with Crippen molar-refractivity contribution in [2.45, 2.75) is 6.54 Å². The molecule has 1 N–H and O–H groups in total. The van der Waals surface area contributed by atoms with Crippen LogP contribution in [0.5, 0.6) is 0 Å². The van der Waals surface area contributed by atoms with E-state index in [0.29, 0.717) is 12.1 Å². The van der Waals surface area contributed by atoms with Crippen LogP contribution >= 0.6 is 11.8 Å². The zero-order chi connectivity index (χ0) is 12.8. The van der Waals surface area contributed by atoms with Crippen LogP contribution in [-0.4, -0.2) is 41.2 Å². The molecule has 0 aromatic heterocycles. The smallest absolute Gasteiger partial charge is 0.128 e. The van der Waals surface area contributed by atoms with E-state index in [4.69, 9.17) is 5.11 Å². The minimum atomic E-state index is -0.210. The minimum Gasteiger partial charge on any atom is -0.384 e. The summed E-state index contributed by atoms with van der Waals surface area (Å²) in [5.74, 6) is 7.27. The number of thioether (sulfide) groups is 1. The average molecular weight is 265 g/mol. The maximum absolute atomic E-state index is 13.9. The highest BCUT2D eigenvalue weighted by molar-refractivity contribution is 7.99. The van der Waals surface area contributed by atoms with Crippen LogP contribution in [0.2, 0.25) is 0 Å². The topological polar surface area (TPSA) is 23.5 Å². The second kappa shape index (κ2) is 6.79. The van der Waals surface area contributed by atoms with E-state index in [1.54, 1.807) is 12.1 Å². The molecule has 1 aliphatic heterocycles. The molecule has 0 atom stereocenters. The first-order valence-corrected chi connectivity index (χ1v) is 7.13. The van der Waals surface area contributed by atoms with Gasteiger partial charge in [-0.25, -0.2) is 4.39 Å². The number of aliphatic hydroxyl groups excluding tert-OH is 1. The van der Waals surface area contributed by atoms with Gasteiger partial charge >= 0.3 is 0 Å². The third-order valence-electron chi connectivity index (χ3n) is 2.86. The Morgan fingerprint density at radius 3 is 2.78 bits per heavy atom. The van der Waals surface area contributed by atoms with Crippen molar-refractivity contribution in [3.63, 3.8) is 0 Å². The van der Waals surface area contributed by atoms with Gasteiger partial charge in [-0.3, -0.25) is 4.90 Å². The van der Waals surface area contributed by atoms with Crippen molar-refractivity contribution in [2.75, 3.05) is 31.2 Å². The molecule has 0 radical (unpaired) electrons. The van der Waals surface area contributed by atoms with Crippen LogP contribution in [0.25, 0.3) is 0 Å². The van der Waals surface area contributed by atoms with Gasteiger partial charge in [-0.1, -0.05) is 17.9 Å². The van der Waals surface area contributed by atoms with Crippen LogP contribution in [0.4, 0.5) is 4.39 Å². The summed E-state index contributed by atoms with van der Waals surface area (Å²) >= 11 is 1.95. The van der Waals surface area contributed by atoms with E-state index in [1.807, 2.05) is 11.8 Å². The Hall–Kier alpha value is -1.02. The highest BCUT2D eigenvalue weighted by atomic mass is 32.2. The number of benzene rings is 1. The van der Waals surface area contributed by atoms with E-state index in [2.05, 4.69) is 16.7 Å². The fraction of sp³-hybridized carbons (Fsp3) is 0.429. The Bertz CT molecular complexity index is 461. The molecule has 0 bridgehead atoms. The molecular formula is C14H16FNOS. The SMILES string of the molecule is OCC#Cc1ccc(CN2CCSCC2)c(F)c1. The summed E-state index contributed by atoms with van der Waals surface area (Å²) in [6, 6.07) is 5.04. The quantitative estimate of drug-likeness (QED) is 0.824. The molecule has 1 aliphatic rings. The van der Waals surface area contributed by atoms with Gasteiger partial charge in [-0.05, 0) is 12.1 Å². The van der Waals surface area contributed by atoms with Crippen LogP contribution < -0.4 is 0 Å². The van der Waals surface area contributed by atoms with E-state index in [0.717, 1.165) is 30.2 Å². The number of halogens is 1. The molecule has 2 rings (SSSR count).